The number of aliphatic hydroxyl groups excluding tert-OH is 1. The molecule has 1 fully saturated rings. The zero-order valence-electron chi connectivity index (χ0n) is 10.9. The highest BCUT2D eigenvalue weighted by molar-refractivity contribution is 9.10. The van der Waals surface area contributed by atoms with Gasteiger partial charge in [0.15, 0.2) is 0 Å². The second kappa shape index (κ2) is 5.97. The van der Waals surface area contributed by atoms with E-state index in [0.717, 1.165) is 42.2 Å². The van der Waals surface area contributed by atoms with E-state index in [1.54, 1.807) is 0 Å². The quantitative estimate of drug-likeness (QED) is 0.871. The van der Waals surface area contributed by atoms with Crippen molar-refractivity contribution < 1.29 is 5.11 Å². The van der Waals surface area contributed by atoms with Crippen molar-refractivity contribution in [3.63, 3.8) is 0 Å². The normalized spacial score (nSPS) is 17.5. The van der Waals surface area contributed by atoms with Gasteiger partial charge in [-0.25, -0.2) is 9.97 Å². The van der Waals surface area contributed by atoms with Gasteiger partial charge < -0.3 is 10.0 Å². The molecule has 1 aromatic rings. The highest BCUT2D eigenvalue weighted by Gasteiger charge is 2.20. The summed E-state index contributed by atoms with van der Waals surface area (Å²) in [7, 11) is 0. The number of aromatic nitrogens is 2. The van der Waals surface area contributed by atoms with Crippen LogP contribution in [-0.4, -0.2) is 34.8 Å². The average molecular weight is 314 g/mol. The predicted octanol–water partition coefficient (Wildman–Crippen LogP) is 2.57. The molecule has 1 N–H and O–H groups in total. The molecule has 0 unspecified atom stereocenters. The molecule has 0 saturated carbocycles. The summed E-state index contributed by atoms with van der Waals surface area (Å²) in [6.45, 7) is 6.43. The lowest BCUT2D eigenvalue weighted by Gasteiger charge is -2.32. The standard InChI is InChI=1S/C13H20BrN3O/c1-9(2)13-15-11(14)7-12(16-13)17-5-3-10(8-18)4-6-17/h7,9-10,18H,3-6,8H2,1-2H3. The SMILES string of the molecule is CC(C)c1nc(Br)cc(N2CCC(CO)CC2)n1. The molecule has 1 aliphatic heterocycles. The van der Waals surface area contributed by atoms with Gasteiger partial charge in [-0.2, -0.15) is 0 Å². The van der Waals surface area contributed by atoms with Crippen LogP contribution in [0.25, 0.3) is 0 Å². The van der Waals surface area contributed by atoms with Crippen LogP contribution in [0.4, 0.5) is 5.82 Å². The summed E-state index contributed by atoms with van der Waals surface area (Å²) >= 11 is 3.46. The van der Waals surface area contributed by atoms with Crippen LogP contribution in [0.15, 0.2) is 10.7 Å². The fraction of sp³-hybridized carbons (Fsp3) is 0.692. The summed E-state index contributed by atoms with van der Waals surface area (Å²) in [6, 6.07) is 1.98. The molecule has 0 amide bonds. The van der Waals surface area contributed by atoms with Crippen LogP contribution in [-0.2, 0) is 0 Å². The van der Waals surface area contributed by atoms with Gasteiger partial charge in [0.2, 0.25) is 0 Å². The van der Waals surface area contributed by atoms with Gasteiger partial charge in [-0.05, 0) is 34.7 Å². The molecule has 1 saturated heterocycles. The summed E-state index contributed by atoms with van der Waals surface area (Å²) in [5, 5.41) is 9.16. The monoisotopic (exact) mass is 313 g/mol. The highest BCUT2D eigenvalue weighted by atomic mass is 79.9. The second-order valence-corrected chi connectivity index (χ2v) is 5.99. The van der Waals surface area contributed by atoms with Gasteiger partial charge in [-0.15, -0.1) is 0 Å². The minimum Gasteiger partial charge on any atom is -0.396 e. The number of aliphatic hydroxyl groups is 1. The first-order valence-electron chi connectivity index (χ1n) is 6.50. The third-order valence-electron chi connectivity index (χ3n) is 3.41. The number of halogens is 1. The number of anilines is 1. The van der Waals surface area contributed by atoms with E-state index < -0.39 is 0 Å². The van der Waals surface area contributed by atoms with Crippen molar-refractivity contribution in [2.24, 2.45) is 5.92 Å². The van der Waals surface area contributed by atoms with Crippen molar-refractivity contribution in [3.8, 4) is 0 Å². The summed E-state index contributed by atoms with van der Waals surface area (Å²) in [6.07, 6.45) is 2.07. The molecule has 5 heteroatoms. The van der Waals surface area contributed by atoms with E-state index in [9.17, 15) is 0 Å². The maximum Gasteiger partial charge on any atom is 0.134 e. The predicted molar refractivity (Wildman–Crippen MR) is 75.8 cm³/mol. The summed E-state index contributed by atoms with van der Waals surface area (Å²) in [4.78, 5) is 11.3. The fourth-order valence-corrected chi connectivity index (χ4v) is 2.57. The number of hydrogen-bond donors (Lipinski definition) is 1. The van der Waals surface area contributed by atoms with Crippen LogP contribution in [0, 0.1) is 5.92 Å². The number of nitrogens with zero attached hydrogens (tertiary/aromatic N) is 3. The Morgan fingerprint density at radius 1 is 1.39 bits per heavy atom. The topological polar surface area (TPSA) is 49.2 Å². The Balaban J connectivity index is 2.13. The number of hydrogen-bond acceptors (Lipinski definition) is 4. The van der Waals surface area contributed by atoms with Gasteiger partial charge in [0.05, 0.1) is 0 Å². The van der Waals surface area contributed by atoms with E-state index in [2.05, 4.69) is 44.6 Å². The molecule has 0 spiro atoms. The van der Waals surface area contributed by atoms with E-state index in [-0.39, 0.29) is 0 Å². The fourth-order valence-electron chi connectivity index (χ4n) is 2.19. The minimum absolute atomic E-state index is 0.304. The van der Waals surface area contributed by atoms with E-state index in [4.69, 9.17) is 5.11 Å². The first kappa shape index (κ1) is 13.7. The van der Waals surface area contributed by atoms with Crippen molar-refractivity contribution in [2.75, 3.05) is 24.6 Å². The molecule has 2 rings (SSSR count). The first-order chi connectivity index (χ1) is 8.60. The Kier molecular flexibility index (Phi) is 4.56. The molecule has 2 heterocycles. The third-order valence-corrected chi connectivity index (χ3v) is 3.82. The molecule has 0 aromatic carbocycles. The molecule has 100 valence electrons. The molecule has 0 bridgehead atoms. The van der Waals surface area contributed by atoms with Gasteiger partial charge in [0.25, 0.3) is 0 Å². The second-order valence-electron chi connectivity index (χ2n) is 5.17. The Labute approximate surface area is 117 Å². The molecule has 0 radical (unpaired) electrons. The highest BCUT2D eigenvalue weighted by Crippen LogP contribution is 2.25. The van der Waals surface area contributed by atoms with Crippen LogP contribution in [0.2, 0.25) is 0 Å². The maximum atomic E-state index is 9.16. The lowest BCUT2D eigenvalue weighted by Crippen LogP contribution is -2.35. The van der Waals surface area contributed by atoms with Crippen molar-refractivity contribution >= 4 is 21.7 Å². The van der Waals surface area contributed by atoms with E-state index >= 15 is 0 Å². The Morgan fingerprint density at radius 3 is 2.61 bits per heavy atom. The van der Waals surface area contributed by atoms with Crippen LogP contribution >= 0.6 is 15.9 Å². The number of rotatable bonds is 3. The van der Waals surface area contributed by atoms with E-state index in [0.29, 0.717) is 18.4 Å². The average Bonchev–Trinajstić information content (AvgIpc) is 2.38. The molecule has 4 nitrogen and oxygen atoms in total. The van der Waals surface area contributed by atoms with Crippen LogP contribution in [0.5, 0.6) is 0 Å². The van der Waals surface area contributed by atoms with Crippen molar-refractivity contribution in [3.05, 3.63) is 16.5 Å². The lowest BCUT2D eigenvalue weighted by atomic mass is 9.98. The molecule has 1 aromatic heterocycles. The molecule has 0 atom stereocenters. The van der Waals surface area contributed by atoms with E-state index in [1.165, 1.54) is 0 Å². The smallest absolute Gasteiger partial charge is 0.134 e. The minimum atomic E-state index is 0.304. The summed E-state index contributed by atoms with van der Waals surface area (Å²) in [5.74, 6) is 2.66. The molecule has 18 heavy (non-hydrogen) atoms. The maximum absolute atomic E-state index is 9.16. The lowest BCUT2D eigenvalue weighted by molar-refractivity contribution is 0.202. The van der Waals surface area contributed by atoms with Crippen molar-refractivity contribution in [1.29, 1.82) is 0 Å². The van der Waals surface area contributed by atoms with Gasteiger partial charge in [0.1, 0.15) is 16.2 Å². The zero-order chi connectivity index (χ0) is 13.1. The van der Waals surface area contributed by atoms with Crippen LogP contribution in [0.3, 0.4) is 0 Å². The van der Waals surface area contributed by atoms with Crippen molar-refractivity contribution in [2.45, 2.75) is 32.6 Å². The summed E-state index contributed by atoms with van der Waals surface area (Å²) < 4.78 is 0.848. The Bertz CT molecular complexity index is 403. The Hall–Kier alpha value is -0.680. The van der Waals surface area contributed by atoms with Crippen molar-refractivity contribution in [1.82, 2.24) is 9.97 Å². The zero-order valence-corrected chi connectivity index (χ0v) is 12.5. The number of piperidine rings is 1. The molecule has 0 aliphatic carbocycles. The van der Waals surface area contributed by atoms with Gasteiger partial charge in [-0.1, -0.05) is 13.8 Å². The molecule has 1 aliphatic rings. The van der Waals surface area contributed by atoms with Gasteiger partial charge in [0, 0.05) is 31.7 Å². The third kappa shape index (κ3) is 3.20. The summed E-state index contributed by atoms with van der Waals surface area (Å²) in [5.41, 5.74) is 0. The molecular formula is C13H20BrN3O. The van der Waals surface area contributed by atoms with Crippen LogP contribution in [0.1, 0.15) is 38.4 Å². The van der Waals surface area contributed by atoms with Gasteiger partial charge >= 0.3 is 0 Å². The van der Waals surface area contributed by atoms with E-state index in [1.807, 2.05) is 6.07 Å². The van der Waals surface area contributed by atoms with Gasteiger partial charge in [-0.3, -0.25) is 0 Å². The Morgan fingerprint density at radius 2 is 2.06 bits per heavy atom. The first-order valence-corrected chi connectivity index (χ1v) is 7.29. The largest absolute Gasteiger partial charge is 0.396 e. The van der Waals surface area contributed by atoms with Crippen LogP contribution < -0.4 is 4.90 Å². The molecular weight excluding hydrogens is 294 g/mol.